The van der Waals surface area contributed by atoms with Crippen molar-refractivity contribution in [1.82, 2.24) is 0 Å². The van der Waals surface area contributed by atoms with Gasteiger partial charge in [-0.05, 0) is 6.92 Å². The lowest BCUT2D eigenvalue weighted by atomic mass is 10.2. The third-order valence-electron chi connectivity index (χ3n) is 2.50. The minimum Gasteiger partial charge on any atom is -0.0950 e. The lowest BCUT2D eigenvalue weighted by molar-refractivity contribution is 0.700. The van der Waals surface area contributed by atoms with E-state index in [1.165, 1.54) is 16.1 Å². The van der Waals surface area contributed by atoms with Crippen molar-refractivity contribution < 1.29 is 0 Å². The van der Waals surface area contributed by atoms with E-state index in [4.69, 9.17) is 0 Å². The Hall–Kier alpha value is -0.248. The van der Waals surface area contributed by atoms with Crippen LogP contribution in [0.25, 0.3) is 0 Å². The largest absolute Gasteiger partial charge is 0.237 e. The van der Waals surface area contributed by atoms with Crippen LogP contribution >= 0.6 is 0 Å². The molecule has 0 spiro atoms. The van der Waals surface area contributed by atoms with E-state index in [2.05, 4.69) is 46.8 Å². The van der Waals surface area contributed by atoms with Crippen LogP contribution in [0.4, 0.5) is 0 Å². The molecular weight excluding hydrogens is 207 g/mol. The first-order valence-electron chi connectivity index (χ1n) is 6.54. The molecule has 0 heterocycles. The van der Waals surface area contributed by atoms with E-state index in [0.717, 1.165) is 11.8 Å². The van der Waals surface area contributed by atoms with E-state index in [0.29, 0.717) is 15.2 Å². The summed E-state index contributed by atoms with van der Waals surface area (Å²) in [5.41, 5.74) is 1.32. The van der Waals surface area contributed by atoms with Gasteiger partial charge < -0.3 is 0 Å². The van der Waals surface area contributed by atoms with Crippen LogP contribution in [-0.4, -0.2) is 15.2 Å². The first-order valence-corrected chi connectivity index (χ1v) is 8.54. The number of aryl methyl sites for hydroxylation is 1. The predicted molar refractivity (Wildman–Crippen MR) is 77.6 cm³/mol. The van der Waals surface area contributed by atoms with Crippen LogP contribution < -0.4 is 0 Å². The molecule has 0 aliphatic carbocycles. The molecule has 0 nitrogen and oxygen atoms in total. The Bertz CT molecular complexity index is 231. The van der Waals surface area contributed by atoms with Gasteiger partial charge in [0.15, 0.2) is 0 Å². The van der Waals surface area contributed by atoms with E-state index in [1.807, 2.05) is 18.2 Å². The van der Waals surface area contributed by atoms with Crippen LogP contribution in [-0.2, 0) is 0 Å². The molecule has 0 bridgehead atoms. The van der Waals surface area contributed by atoms with E-state index >= 15 is 0 Å². The molecule has 0 radical (unpaired) electrons. The van der Waals surface area contributed by atoms with Crippen molar-refractivity contribution in [2.24, 2.45) is 11.8 Å². The molecule has 0 amide bonds. The molecule has 1 aromatic carbocycles. The average Bonchev–Trinajstić information content (AvgIpc) is 2.18. The minimum absolute atomic E-state index is 0.316. The van der Waals surface area contributed by atoms with Gasteiger partial charge >= 0.3 is 0 Å². The van der Waals surface area contributed by atoms with Gasteiger partial charge in [-0.15, -0.1) is 0 Å². The van der Waals surface area contributed by atoms with Crippen LogP contribution in [0.3, 0.4) is 0 Å². The van der Waals surface area contributed by atoms with Crippen molar-refractivity contribution in [3.63, 3.8) is 0 Å². The summed E-state index contributed by atoms with van der Waals surface area (Å²) in [7, 11) is 0. The summed E-state index contributed by atoms with van der Waals surface area (Å²) >= 11 is 0.316. The zero-order valence-corrected chi connectivity index (χ0v) is 13.1. The first kappa shape index (κ1) is 15.8. The molecule has 0 aliphatic heterocycles. The Morgan fingerprint density at radius 3 is 1.56 bits per heavy atom. The van der Waals surface area contributed by atoms with Crippen LogP contribution in [0.2, 0.25) is 10.6 Å². The second-order valence-corrected chi connectivity index (χ2v) is 7.24. The summed E-state index contributed by atoms with van der Waals surface area (Å²) in [5.74, 6) is 1.91. The fourth-order valence-corrected chi connectivity index (χ4v) is 3.34. The number of hydrogen-bond acceptors (Lipinski definition) is 0. The fourth-order valence-electron chi connectivity index (χ4n) is 1.47. The first-order chi connectivity index (χ1) is 7.52. The van der Waals surface area contributed by atoms with Gasteiger partial charge in [-0.3, -0.25) is 0 Å². The minimum atomic E-state index is 0.316. The highest BCUT2D eigenvalue weighted by Crippen LogP contribution is 2.05. The zero-order chi connectivity index (χ0) is 12.4. The molecule has 0 aliphatic rings. The maximum absolute atomic E-state index is 2.33. The lowest BCUT2D eigenvalue weighted by Gasteiger charge is -2.03. The summed E-state index contributed by atoms with van der Waals surface area (Å²) < 4.78 is 0. The van der Waals surface area contributed by atoms with Gasteiger partial charge in [0.25, 0.3) is 0 Å². The predicted octanol–water partition coefficient (Wildman–Crippen LogP) is 4.57. The molecule has 0 unspecified atom stereocenters. The van der Waals surface area contributed by atoms with E-state index in [1.54, 1.807) is 0 Å². The van der Waals surface area contributed by atoms with Crippen molar-refractivity contribution in [3.05, 3.63) is 35.9 Å². The van der Waals surface area contributed by atoms with Gasteiger partial charge in [0.05, 0.1) is 0 Å². The summed E-state index contributed by atoms with van der Waals surface area (Å²) in [6.07, 6.45) is 0. The monoisotopic (exact) mass is 234 g/mol. The molecule has 0 saturated carbocycles. The lowest BCUT2D eigenvalue weighted by Crippen LogP contribution is -1.99. The molecule has 0 N–H and O–H groups in total. The van der Waals surface area contributed by atoms with Crippen LogP contribution in [0.1, 0.15) is 33.3 Å². The molecule has 16 heavy (non-hydrogen) atoms. The summed E-state index contributed by atoms with van der Waals surface area (Å²) in [6, 6.07) is 10.3. The second kappa shape index (κ2) is 9.94. The van der Waals surface area contributed by atoms with Crippen molar-refractivity contribution in [1.29, 1.82) is 0 Å². The molecule has 0 fully saturated rings. The van der Waals surface area contributed by atoms with Crippen LogP contribution in [0.5, 0.6) is 0 Å². The normalized spacial score (nSPS) is 9.94. The highest BCUT2D eigenvalue weighted by atomic mass is 27.1. The third-order valence-corrected chi connectivity index (χ3v) is 5.63. The van der Waals surface area contributed by atoms with Crippen molar-refractivity contribution >= 4 is 15.2 Å². The molecule has 0 aromatic heterocycles. The maximum Gasteiger partial charge on any atom is 0.237 e. The standard InChI is InChI=1S/C7H8.2C4H9.Al.H/c1-7-5-3-2-4-6-7;2*1-4(2)3;;/h2-6H,1H3;2*4H,1H2,2-3H3;;. The Balaban J connectivity index is 0.000000288. The van der Waals surface area contributed by atoms with Gasteiger partial charge in [-0.25, -0.2) is 0 Å². The topological polar surface area (TPSA) is 0 Å². The van der Waals surface area contributed by atoms with Crippen molar-refractivity contribution in [3.8, 4) is 0 Å². The molecule has 90 valence electrons. The second-order valence-electron chi connectivity index (χ2n) is 5.37. The molecule has 1 heteroatoms. The highest BCUT2D eigenvalue weighted by molar-refractivity contribution is 6.35. The summed E-state index contributed by atoms with van der Waals surface area (Å²) in [6.45, 7) is 11.4. The van der Waals surface area contributed by atoms with Gasteiger partial charge in [-0.2, -0.15) is 0 Å². The highest BCUT2D eigenvalue weighted by Gasteiger charge is 1.99. The van der Waals surface area contributed by atoms with Gasteiger partial charge in [0.2, 0.25) is 15.2 Å². The van der Waals surface area contributed by atoms with E-state index in [9.17, 15) is 0 Å². The Morgan fingerprint density at radius 2 is 1.31 bits per heavy atom. The maximum atomic E-state index is 2.33. The van der Waals surface area contributed by atoms with Crippen LogP contribution in [0, 0.1) is 18.8 Å². The number of hydrogen-bond donors (Lipinski definition) is 0. The third kappa shape index (κ3) is 11.8. The Morgan fingerprint density at radius 1 is 0.875 bits per heavy atom. The van der Waals surface area contributed by atoms with E-state index < -0.39 is 0 Å². The van der Waals surface area contributed by atoms with Gasteiger partial charge in [-0.1, -0.05) is 86.0 Å². The molecule has 0 atom stereocenters. The van der Waals surface area contributed by atoms with Gasteiger partial charge in [0.1, 0.15) is 0 Å². The van der Waals surface area contributed by atoms with E-state index in [-0.39, 0.29) is 0 Å². The molecular formula is C15H27Al. The Labute approximate surface area is 108 Å². The zero-order valence-electron chi connectivity index (χ0n) is 11.7. The fraction of sp³-hybridized carbons (Fsp3) is 0.600. The average molecular weight is 234 g/mol. The SMILES string of the molecule is CC(C)[CH2][AlH][CH2]C(C)C.Cc1ccccc1. The van der Waals surface area contributed by atoms with Crippen molar-refractivity contribution in [2.45, 2.75) is 45.2 Å². The number of rotatable bonds is 4. The Kier molecular flexibility index (Phi) is 9.79. The van der Waals surface area contributed by atoms with Crippen molar-refractivity contribution in [2.75, 3.05) is 0 Å². The molecule has 0 saturated heterocycles. The number of benzene rings is 1. The smallest absolute Gasteiger partial charge is 0.0950 e. The summed E-state index contributed by atoms with van der Waals surface area (Å²) in [5, 5.41) is 3.08. The molecule has 1 rings (SSSR count). The summed E-state index contributed by atoms with van der Waals surface area (Å²) in [4.78, 5) is 0. The van der Waals surface area contributed by atoms with Crippen LogP contribution in [0.15, 0.2) is 30.3 Å². The quantitative estimate of drug-likeness (QED) is 0.670. The molecule has 1 aromatic rings. The van der Waals surface area contributed by atoms with Gasteiger partial charge in [0, 0.05) is 0 Å².